The van der Waals surface area contributed by atoms with E-state index in [4.69, 9.17) is 4.74 Å². The van der Waals surface area contributed by atoms with E-state index in [0.717, 1.165) is 12.6 Å². The van der Waals surface area contributed by atoms with Gasteiger partial charge in [-0.05, 0) is 26.3 Å². The molecule has 0 aliphatic carbocycles. The molecule has 2 aliphatic rings. The maximum Gasteiger partial charge on any atom is 0.0936 e. The number of rotatable bonds is 2. The minimum Gasteiger partial charge on any atom is -0.372 e. The van der Waals surface area contributed by atoms with Crippen LogP contribution in [0.15, 0.2) is 0 Å². The smallest absolute Gasteiger partial charge is 0.0936 e. The van der Waals surface area contributed by atoms with Gasteiger partial charge in [0.25, 0.3) is 0 Å². The highest BCUT2D eigenvalue weighted by Crippen LogP contribution is 2.19. The van der Waals surface area contributed by atoms with E-state index in [-0.39, 0.29) is 0 Å². The molecule has 2 heterocycles. The summed E-state index contributed by atoms with van der Waals surface area (Å²) in [6.07, 6.45) is 4.77. The summed E-state index contributed by atoms with van der Waals surface area (Å²) < 4.78 is 5.22. The van der Waals surface area contributed by atoms with Crippen LogP contribution in [0.1, 0.15) is 26.2 Å². The van der Waals surface area contributed by atoms with Crippen LogP contribution in [0.5, 0.6) is 0 Å². The van der Waals surface area contributed by atoms with Gasteiger partial charge in [-0.3, -0.25) is 4.90 Å². The summed E-state index contributed by atoms with van der Waals surface area (Å²) in [5, 5.41) is 0. The molecule has 2 heteroatoms. The Labute approximate surface area is 68.5 Å². The minimum absolute atomic E-state index is 0.579. The summed E-state index contributed by atoms with van der Waals surface area (Å²) >= 11 is 0. The highest BCUT2D eigenvalue weighted by atomic mass is 16.6. The number of piperidine rings is 1. The van der Waals surface area contributed by atoms with E-state index in [2.05, 4.69) is 11.8 Å². The Balaban J connectivity index is 1.78. The van der Waals surface area contributed by atoms with Crippen LogP contribution in [0.4, 0.5) is 0 Å². The first-order valence-electron chi connectivity index (χ1n) is 4.72. The molecule has 2 saturated heterocycles. The summed E-state index contributed by atoms with van der Waals surface area (Å²) in [5.41, 5.74) is 0. The van der Waals surface area contributed by atoms with Gasteiger partial charge in [-0.25, -0.2) is 0 Å². The molecule has 1 unspecified atom stereocenters. The van der Waals surface area contributed by atoms with Crippen LogP contribution in [0.2, 0.25) is 0 Å². The second-order valence-electron chi connectivity index (χ2n) is 3.80. The van der Waals surface area contributed by atoms with Crippen LogP contribution in [-0.4, -0.2) is 36.7 Å². The fraction of sp³-hybridized carbons (Fsp3) is 1.00. The van der Waals surface area contributed by atoms with Gasteiger partial charge in [-0.1, -0.05) is 6.42 Å². The van der Waals surface area contributed by atoms with Crippen LogP contribution in [0, 0.1) is 0 Å². The van der Waals surface area contributed by atoms with Gasteiger partial charge in [0.2, 0.25) is 0 Å². The van der Waals surface area contributed by atoms with Crippen molar-refractivity contribution in [1.29, 1.82) is 0 Å². The molecule has 2 atom stereocenters. The summed E-state index contributed by atoms with van der Waals surface area (Å²) in [6.45, 7) is 5.81. The molecule has 0 aromatic carbocycles. The first-order valence-corrected chi connectivity index (χ1v) is 4.72. The molecule has 0 aromatic rings. The van der Waals surface area contributed by atoms with Crippen LogP contribution in [-0.2, 0) is 4.74 Å². The first-order chi connectivity index (χ1) is 5.36. The van der Waals surface area contributed by atoms with E-state index in [9.17, 15) is 0 Å². The van der Waals surface area contributed by atoms with Crippen molar-refractivity contribution >= 4 is 0 Å². The van der Waals surface area contributed by atoms with Gasteiger partial charge in [-0.2, -0.15) is 0 Å². The van der Waals surface area contributed by atoms with E-state index >= 15 is 0 Å². The zero-order chi connectivity index (χ0) is 7.68. The minimum atomic E-state index is 0.579. The van der Waals surface area contributed by atoms with Crippen molar-refractivity contribution in [1.82, 2.24) is 4.90 Å². The molecular formula is C9H17NO. The molecule has 64 valence electrons. The van der Waals surface area contributed by atoms with Crippen LogP contribution in [0.25, 0.3) is 0 Å². The van der Waals surface area contributed by atoms with Crippen molar-refractivity contribution in [3.8, 4) is 0 Å². The summed E-state index contributed by atoms with van der Waals surface area (Å²) in [4.78, 5) is 2.57. The molecule has 0 spiro atoms. The highest BCUT2D eigenvalue weighted by Gasteiger charge is 2.28. The quantitative estimate of drug-likeness (QED) is 0.558. The molecule has 2 fully saturated rings. The van der Waals surface area contributed by atoms with Crippen molar-refractivity contribution in [3.63, 3.8) is 0 Å². The lowest BCUT2D eigenvalue weighted by Gasteiger charge is -2.32. The molecule has 0 aromatic heterocycles. The Morgan fingerprint density at radius 3 is 2.91 bits per heavy atom. The van der Waals surface area contributed by atoms with Gasteiger partial charge in [0.1, 0.15) is 0 Å². The fourth-order valence-electron chi connectivity index (χ4n) is 1.86. The standard InChI is InChI=1S/C9H17NO/c1-8-4-2-3-5-10(8)6-9-7-11-9/h8-9H,2-7H2,1H3/t8?,9-/m1/s1. The van der Waals surface area contributed by atoms with E-state index < -0.39 is 0 Å². The Bertz CT molecular complexity index is 134. The monoisotopic (exact) mass is 155 g/mol. The van der Waals surface area contributed by atoms with Gasteiger partial charge >= 0.3 is 0 Å². The van der Waals surface area contributed by atoms with Gasteiger partial charge < -0.3 is 4.74 Å². The molecular weight excluding hydrogens is 138 g/mol. The molecule has 0 saturated carbocycles. The van der Waals surface area contributed by atoms with E-state index in [0.29, 0.717) is 6.10 Å². The van der Waals surface area contributed by atoms with Crippen molar-refractivity contribution < 1.29 is 4.74 Å². The Morgan fingerprint density at radius 1 is 1.45 bits per heavy atom. The van der Waals surface area contributed by atoms with E-state index in [1.807, 2.05) is 0 Å². The Morgan fingerprint density at radius 2 is 2.27 bits per heavy atom. The second kappa shape index (κ2) is 3.11. The van der Waals surface area contributed by atoms with E-state index in [1.54, 1.807) is 0 Å². The predicted octanol–water partition coefficient (Wildman–Crippen LogP) is 1.26. The topological polar surface area (TPSA) is 15.8 Å². The van der Waals surface area contributed by atoms with Gasteiger partial charge in [0, 0.05) is 12.6 Å². The molecule has 0 amide bonds. The van der Waals surface area contributed by atoms with Crippen molar-refractivity contribution in [2.75, 3.05) is 19.7 Å². The molecule has 11 heavy (non-hydrogen) atoms. The average Bonchev–Trinajstić information content (AvgIpc) is 2.78. The SMILES string of the molecule is CC1CCCCN1C[C@@H]1CO1. The summed E-state index contributed by atoms with van der Waals surface area (Å²) in [5.74, 6) is 0. The van der Waals surface area contributed by atoms with Crippen molar-refractivity contribution in [2.24, 2.45) is 0 Å². The predicted molar refractivity (Wildman–Crippen MR) is 44.6 cm³/mol. The first kappa shape index (κ1) is 7.56. The van der Waals surface area contributed by atoms with Crippen LogP contribution in [0.3, 0.4) is 0 Å². The third kappa shape index (κ3) is 1.94. The highest BCUT2D eigenvalue weighted by molar-refractivity contribution is 4.80. The van der Waals surface area contributed by atoms with Crippen molar-refractivity contribution in [2.45, 2.75) is 38.3 Å². The van der Waals surface area contributed by atoms with E-state index in [1.165, 1.54) is 32.4 Å². The molecule has 2 rings (SSSR count). The lowest BCUT2D eigenvalue weighted by atomic mass is 10.0. The maximum absolute atomic E-state index is 5.22. The number of hydrogen-bond acceptors (Lipinski definition) is 2. The summed E-state index contributed by atoms with van der Waals surface area (Å²) in [7, 11) is 0. The number of ether oxygens (including phenoxy) is 1. The lowest BCUT2D eigenvalue weighted by Crippen LogP contribution is -2.39. The average molecular weight is 155 g/mol. The zero-order valence-corrected chi connectivity index (χ0v) is 7.25. The molecule has 0 radical (unpaired) electrons. The van der Waals surface area contributed by atoms with Crippen LogP contribution >= 0.6 is 0 Å². The molecule has 0 N–H and O–H groups in total. The number of hydrogen-bond donors (Lipinski definition) is 0. The number of likely N-dealkylation sites (tertiary alicyclic amines) is 1. The number of epoxide rings is 1. The third-order valence-corrected chi connectivity index (χ3v) is 2.78. The molecule has 0 bridgehead atoms. The lowest BCUT2D eigenvalue weighted by molar-refractivity contribution is 0.147. The van der Waals surface area contributed by atoms with Crippen molar-refractivity contribution in [3.05, 3.63) is 0 Å². The maximum atomic E-state index is 5.22. The molecule has 2 nitrogen and oxygen atoms in total. The molecule has 2 aliphatic heterocycles. The Hall–Kier alpha value is -0.0800. The van der Waals surface area contributed by atoms with Gasteiger partial charge in [0.15, 0.2) is 0 Å². The van der Waals surface area contributed by atoms with Gasteiger partial charge in [-0.15, -0.1) is 0 Å². The largest absolute Gasteiger partial charge is 0.372 e. The third-order valence-electron chi connectivity index (χ3n) is 2.78. The fourth-order valence-corrected chi connectivity index (χ4v) is 1.86. The van der Waals surface area contributed by atoms with Gasteiger partial charge in [0.05, 0.1) is 12.7 Å². The second-order valence-corrected chi connectivity index (χ2v) is 3.80. The zero-order valence-electron chi connectivity index (χ0n) is 7.25. The normalized spacial score (nSPS) is 39.0. The van der Waals surface area contributed by atoms with Crippen LogP contribution < -0.4 is 0 Å². The number of nitrogens with zero attached hydrogens (tertiary/aromatic N) is 1. The summed E-state index contributed by atoms with van der Waals surface area (Å²) in [6, 6.07) is 0.799. The Kier molecular flexibility index (Phi) is 2.14.